The summed E-state index contributed by atoms with van der Waals surface area (Å²) in [6.07, 6.45) is 3.26. The van der Waals surface area contributed by atoms with Crippen LogP contribution >= 0.6 is 0 Å². The second kappa shape index (κ2) is 9.08. The van der Waals surface area contributed by atoms with Crippen LogP contribution in [-0.4, -0.2) is 39.3 Å². The van der Waals surface area contributed by atoms with Gasteiger partial charge in [-0.3, -0.25) is 4.57 Å². The monoisotopic (exact) mass is 261 g/mol. The lowest BCUT2D eigenvalue weighted by atomic mass is 10.1. The first-order chi connectivity index (χ1) is 7.97. The molecule has 0 fully saturated rings. The average molecular weight is 261 g/mol. The highest BCUT2D eigenvalue weighted by molar-refractivity contribution is 6.41. The molecule has 3 nitrogen and oxygen atoms in total. The molecule has 0 aliphatic carbocycles. The van der Waals surface area contributed by atoms with Gasteiger partial charge in [-0.1, -0.05) is 20.8 Å². The second-order valence-corrected chi connectivity index (χ2v) is 7.32. The van der Waals surface area contributed by atoms with E-state index in [1.54, 1.807) is 0 Å². The molecular weight excluding hydrogens is 230 g/mol. The van der Waals surface area contributed by atoms with Crippen molar-refractivity contribution in [2.24, 2.45) is 0 Å². The van der Waals surface area contributed by atoms with Crippen molar-refractivity contribution in [1.82, 2.24) is 4.57 Å². The van der Waals surface area contributed by atoms with E-state index in [4.69, 9.17) is 8.85 Å². The third kappa shape index (κ3) is 7.19. The summed E-state index contributed by atoms with van der Waals surface area (Å²) in [5, 5.41) is 0. The Balaban J connectivity index is 4.54. The minimum Gasteiger partial charge on any atom is -0.385 e. The van der Waals surface area contributed by atoms with Gasteiger partial charge >= 0.3 is 9.45 Å². The molecule has 0 N–H and O–H groups in total. The predicted molar refractivity (Wildman–Crippen MR) is 76.4 cm³/mol. The Morgan fingerprint density at radius 2 is 1.35 bits per heavy atom. The van der Waals surface area contributed by atoms with Gasteiger partial charge in [-0.15, -0.1) is 0 Å². The zero-order valence-corrected chi connectivity index (χ0v) is 13.7. The lowest BCUT2D eigenvalue weighted by molar-refractivity contribution is 0.101. The molecule has 0 atom stereocenters. The van der Waals surface area contributed by atoms with Gasteiger partial charge in [-0.05, 0) is 46.6 Å². The van der Waals surface area contributed by atoms with Crippen LogP contribution < -0.4 is 0 Å². The molecule has 0 aromatic rings. The highest BCUT2D eigenvalue weighted by Crippen LogP contribution is 2.17. The summed E-state index contributed by atoms with van der Waals surface area (Å²) in [5.74, 6) is 0. The van der Waals surface area contributed by atoms with Crippen LogP contribution in [0.25, 0.3) is 0 Å². The molecule has 0 unspecified atom stereocenters. The molecule has 0 aromatic carbocycles. The maximum absolute atomic E-state index is 5.98. The first kappa shape index (κ1) is 17.1. The quantitative estimate of drug-likeness (QED) is 0.595. The van der Waals surface area contributed by atoms with Crippen LogP contribution in [0.1, 0.15) is 60.8 Å². The van der Waals surface area contributed by atoms with E-state index in [0.29, 0.717) is 0 Å². The van der Waals surface area contributed by atoms with Crippen LogP contribution in [0.5, 0.6) is 0 Å². The van der Waals surface area contributed by atoms with E-state index in [9.17, 15) is 0 Å². The van der Waals surface area contributed by atoms with Crippen molar-refractivity contribution in [3.05, 3.63) is 0 Å². The smallest absolute Gasteiger partial charge is 0.385 e. The molecule has 0 bridgehead atoms. The van der Waals surface area contributed by atoms with Crippen molar-refractivity contribution in [3.63, 3.8) is 0 Å². The molecule has 0 radical (unpaired) electrons. The Kier molecular flexibility index (Phi) is 9.14. The first-order valence-electron chi connectivity index (χ1n) is 6.97. The summed E-state index contributed by atoms with van der Waals surface area (Å²) < 4.78 is 14.4. The lowest BCUT2D eigenvalue weighted by Gasteiger charge is -2.39. The maximum atomic E-state index is 5.98. The van der Waals surface area contributed by atoms with Gasteiger partial charge < -0.3 is 8.85 Å². The van der Waals surface area contributed by atoms with E-state index in [1.807, 2.05) is 0 Å². The fourth-order valence-corrected chi connectivity index (χ4v) is 4.10. The van der Waals surface area contributed by atoms with Crippen molar-refractivity contribution in [1.29, 1.82) is 0 Å². The van der Waals surface area contributed by atoms with Gasteiger partial charge in [0, 0.05) is 18.8 Å². The molecule has 4 heteroatoms. The Labute approximate surface area is 109 Å². The number of hydrogen-bond donors (Lipinski definition) is 0. The largest absolute Gasteiger partial charge is 0.411 e. The summed E-state index contributed by atoms with van der Waals surface area (Å²) in [6, 6.07) is 0. The number of rotatable bonds is 9. The summed E-state index contributed by atoms with van der Waals surface area (Å²) in [5.41, 5.74) is 0.133. The van der Waals surface area contributed by atoms with Crippen LogP contribution in [0.15, 0.2) is 0 Å². The molecule has 0 aromatic heterocycles. The standard InChI is InChI=1S/C13H31NO2Si/c1-7-10-14(13(4,5)6)17(15-11-8-2)16-12-9-3/h17H,7-12H2,1-6H3. The van der Waals surface area contributed by atoms with E-state index >= 15 is 0 Å². The Hall–Kier alpha value is 0.0969. The van der Waals surface area contributed by atoms with Crippen molar-refractivity contribution >= 4 is 9.45 Å². The second-order valence-electron chi connectivity index (χ2n) is 5.41. The first-order valence-corrected chi connectivity index (χ1v) is 8.43. The van der Waals surface area contributed by atoms with Crippen LogP contribution in [0.2, 0.25) is 0 Å². The van der Waals surface area contributed by atoms with Crippen molar-refractivity contribution < 1.29 is 8.85 Å². The molecule has 0 aliphatic heterocycles. The van der Waals surface area contributed by atoms with Crippen molar-refractivity contribution in [2.75, 3.05) is 19.8 Å². The number of nitrogens with zero attached hydrogens (tertiary/aromatic N) is 1. The zero-order chi connectivity index (χ0) is 13.3. The molecular formula is C13H31NO2Si. The van der Waals surface area contributed by atoms with Crippen LogP contribution in [0.4, 0.5) is 0 Å². The van der Waals surface area contributed by atoms with E-state index in [0.717, 1.165) is 39.0 Å². The van der Waals surface area contributed by atoms with Gasteiger partial charge in [0.05, 0.1) is 0 Å². The summed E-state index contributed by atoms with van der Waals surface area (Å²) >= 11 is 0. The SMILES string of the molecule is CCCO[SiH](OCCC)N(CCC)C(C)(C)C. The van der Waals surface area contributed by atoms with Crippen LogP contribution in [0.3, 0.4) is 0 Å². The van der Waals surface area contributed by atoms with E-state index in [2.05, 4.69) is 46.1 Å². The van der Waals surface area contributed by atoms with Crippen LogP contribution in [-0.2, 0) is 8.85 Å². The zero-order valence-electron chi connectivity index (χ0n) is 12.6. The molecule has 0 rings (SSSR count). The fraction of sp³-hybridized carbons (Fsp3) is 1.00. The molecule has 0 saturated heterocycles. The minimum atomic E-state index is -1.69. The lowest BCUT2D eigenvalue weighted by Crippen LogP contribution is -2.54. The highest BCUT2D eigenvalue weighted by Gasteiger charge is 2.31. The summed E-state index contributed by atoms with van der Waals surface area (Å²) in [6.45, 7) is 15.9. The van der Waals surface area contributed by atoms with Gasteiger partial charge in [-0.25, -0.2) is 0 Å². The van der Waals surface area contributed by atoms with Crippen LogP contribution in [0, 0.1) is 0 Å². The molecule has 104 valence electrons. The Morgan fingerprint density at radius 3 is 1.65 bits per heavy atom. The predicted octanol–water partition coefficient (Wildman–Crippen LogP) is 3.07. The molecule has 0 aliphatic rings. The maximum Gasteiger partial charge on any atom is 0.411 e. The van der Waals surface area contributed by atoms with Gasteiger partial charge in [0.2, 0.25) is 0 Å². The Morgan fingerprint density at radius 1 is 0.882 bits per heavy atom. The summed E-state index contributed by atoms with van der Waals surface area (Å²) in [4.78, 5) is 0. The normalized spacial score (nSPS) is 12.7. The molecule has 0 spiro atoms. The average Bonchev–Trinajstić information content (AvgIpc) is 2.25. The van der Waals surface area contributed by atoms with Crippen molar-refractivity contribution in [2.45, 2.75) is 66.3 Å². The fourth-order valence-electron chi connectivity index (χ4n) is 1.66. The van der Waals surface area contributed by atoms with E-state index in [1.165, 1.54) is 0 Å². The minimum absolute atomic E-state index is 0.133. The third-order valence-corrected chi connectivity index (χ3v) is 5.09. The van der Waals surface area contributed by atoms with E-state index < -0.39 is 9.45 Å². The van der Waals surface area contributed by atoms with Gasteiger partial charge in [-0.2, -0.15) is 0 Å². The third-order valence-electron chi connectivity index (χ3n) is 2.51. The molecule has 17 heavy (non-hydrogen) atoms. The van der Waals surface area contributed by atoms with Gasteiger partial charge in [0.25, 0.3) is 0 Å². The molecule has 0 heterocycles. The van der Waals surface area contributed by atoms with Gasteiger partial charge in [0.15, 0.2) is 0 Å². The Bertz CT molecular complexity index is 175. The van der Waals surface area contributed by atoms with E-state index in [-0.39, 0.29) is 5.54 Å². The molecule has 0 amide bonds. The number of hydrogen-bond acceptors (Lipinski definition) is 3. The summed E-state index contributed by atoms with van der Waals surface area (Å²) in [7, 11) is -1.69. The topological polar surface area (TPSA) is 21.7 Å². The van der Waals surface area contributed by atoms with Gasteiger partial charge in [0.1, 0.15) is 0 Å². The molecule has 0 saturated carbocycles. The highest BCUT2D eigenvalue weighted by atomic mass is 28.3. The van der Waals surface area contributed by atoms with Crippen molar-refractivity contribution in [3.8, 4) is 0 Å².